The van der Waals surface area contributed by atoms with Gasteiger partial charge in [0.1, 0.15) is 4.90 Å². The molecule has 2 N–H and O–H groups in total. The van der Waals surface area contributed by atoms with Crippen LogP contribution in [0.15, 0.2) is 4.90 Å². The number of sulfonamides is 1. The van der Waals surface area contributed by atoms with Gasteiger partial charge in [0.05, 0.1) is 17.9 Å². The third kappa shape index (κ3) is 7.03. The van der Waals surface area contributed by atoms with E-state index in [0.717, 1.165) is 19.4 Å². The third-order valence-corrected chi connectivity index (χ3v) is 7.50. The highest BCUT2D eigenvalue weighted by molar-refractivity contribution is 7.90. The molecule has 0 aromatic carbocycles. The summed E-state index contributed by atoms with van der Waals surface area (Å²) >= 11 is 0. The number of nitrogens with zero attached hydrogens (tertiary/aromatic N) is 3. The van der Waals surface area contributed by atoms with Gasteiger partial charge >= 0.3 is 0 Å². The molecule has 31 heavy (non-hydrogen) atoms. The average Bonchev–Trinajstić information content (AvgIpc) is 2.93. The Bertz CT molecular complexity index is 895. The first-order chi connectivity index (χ1) is 14.3. The molecule has 0 aliphatic heterocycles. The van der Waals surface area contributed by atoms with Crippen molar-refractivity contribution in [3.8, 4) is 0 Å². The van der Waals surface area contributed by atoms with Gasteiger partial charge in [-0.2, -0.15) is 5.10 Å². The highest BCUT2D eigenvalue weighted by Crippen LogP contribution is 2.38. The maximum absolute atomic E-state index is 13.1. The molecule has 10 heteroatoms. The lowest BCUT2D eigenvalue weighted by molar-refractivity contribution is -0.124. The van der Waals surface area contributed by atoms with E-state index >= 15 is 0 Å². The van der Waals surface area contributed by atoms with Gasteiger partial charge in [-0.25, -0.2) is 13.1 Å². The van der Waals surface area contributed by atoms with Crippen molar-refractivity contribution in [2.75, 3.05) is 20.6 Å². The number of aromatic nitrogens is 2. The van der Waals surface area contributed by atoms with Crippen LogP contribution < -0.4 is 10.0 Å². The number of rotatable bonds is 9. The van der Waals surface area contributed by atoms with E-state index < -0.39 is 15.9 Å². The van der Waals surface area contributed by atoms with Crippen LogP contribution in [0.25, 0.3) is 0 Å². The minimum absolute atomic E-state index is 0.0280. The Kier molecular flexibility index (Phi) is 8.27. The van der Waals surface area contributed by atoms with E-state index in [-0.39, 0.29) is 28.7 Å². The van der Waals surface area contributed by atoms with Gasteiger partial charge in [0.25, 0.3) is 10.0 Å². The Morgan fingerprint density at radius 2 is 1.84 bits per heavy atom. The molecule has 176 valence electrons. The smallest absolute Gasteiger partial charge is 0.267 e. The molecular formula is C21H37N5O4S. The van der Waals surface area contributed by atoms with E-state index in [9.17, 15) is 18.0 Å². The summed E-state index contributed by atoms with van der Waals surface area (Å²) in [4.78, 5) is 26.8. The summed E-state index contributed by atoms with van der Waals surface area (Å²) in [6.07, 6.45) is 4.20. The summed E-state index contributed by atoms with van der Waals surface area (Å²) in [5.41, 5.74) is 0.834. The first-order valence-electron chi connectivity index (χ1n) is 10.8. The van der Waals surface area contributed by atoms with Gasteiger partial charge < -0.3 is 10.2 Å². The molecule has 1 aliphatic carbocycles. The Morgan fingerprint density at radius 1 is 1.23 bits per heavy atom. The molecule has 2 amide bonds. The van der Waals surface area contributed by atoms with Crippen LogP contribution in [0.5, 0.6) is 0 Å². The Hall–Kier alpha value is -1.94. The minimum Gasteiger partial charge on any atom is -0.350 e. The zero-order valence-electron chi connectivity index (χ0n) is 19.6. The molecule has 0 saturated heterocycles. The second-order valence-corrected chi connectivity index (χ2v) is 11.2. The van der Waals surface area contributed by atoms with Crippen molar-refractivity contribution in [1.82, 2.24) is 24.7 Å². The fraction of sp³-hybridized carbons (Fsp3) is 0.762. The molecule has 0 atom stereocenters. The molecular weight excluding hydrogens is 418 g/mol. The van der Waals surface area contributed by atoms with Crippen LogP contribution in [0, 0.1) is 18.3 Å². The van der Waals surface area contributed by atoms with Gasteiger partial charge in [-0.1, -0.05) is 13.8 Å². The topological polar surface area (TPSA) is 113 Å². The summed E-state index contributed by atoms with van der Waals surface area (Å²) < 4.78 is 29.8. The maximum atomic E-state index is 13.1. The predicted molar refractivity (Wildman–Crippen MR) is 119 cm³/mol. The molecule has 1 heterocycles. The second kappa shape index (κ2) is 10.1. The standard InChI is InChI=1S/C21H37N5O4S/c1-15-19(17(26(6)23-15)14-22-18(27)8-7-13-25(4)5)31(29,30)24-20(28)16-9-11-21(2,3)12-10-16/h16H,7-14H2,1-6H3,(H,22,27)(H,24,28). The van der Waals surface area contributed by atoms with Crippen LogP contribution >= 0.6 is 0 Å². The summed E-state index contributed by atoms with van der Waals surface area (Å²) in [7, 11) is 1.42. The van der Waals surface area contributed by atoms with E-state index in [1.54, 1.807) is 14.0 Å². The molecule has 0 unspecified atom stereocenters. The summed E-state index contributed by atoms with van der Waals surface area (Å²) in [5.74, 6) is -0.921. The van der Waals surface area contributed by atoms with Gasteiger partial charge in [-0.3, -0.25) is 14.3 Å². The van der Waals surface area contributed by atoms with E-state index in [4.69, 9.17) is 0 Å². The number of aryl methyl sites for hydroxylation is 2. The first kappa shape index (κ1) is 25.3. The van der Waals surface area contributed by atoms with E-state index in [1.165, 1.54) is 4.68 Å². The molecule has 1 aromatic heterocycles. The van der Waals surface area contributed by atoms with Gasteiger partial charge in [0.2, 0.25) is 11.8 Å². The molecule has 0 spiro atoms. The van der Waals surface area contributed by atoms with Crippen LogP contribution in [-0.4, -0.2) is 55.6 Å². The Morgan fingerprint density at radius 3 is 2.42 bits per heavy atom. The molecule has 9 nitrogen and oxygen atoms in total. The maximum Gasteiger partial charge on any atom is 0.267 e. The van der Waals surface area contributed by atoms with E-state index in [1.807, 2.05) is 19.0 Å². The largest absolute Gasteiger partial charge is 0.350 e. The van der Waals surface area contributed by atoms with Crippen molar-refractivity contribution < 1.29 is 18.0 Å². The molecule has 1 saturated carbocycles. The first-order valence-corrected chi connectivity index (χ1v) is 12.3. The quantitative estimate of drug-likeness (QED) is 0.586. The number of amides is 2. The van der Waals surface area contributed by atoms with Crippen LogP contribution in [0.2, 0.25) is 0 Å². The van der Waals surface area contributed by atoms with Crippen molar-refractivity contribution in [1.29, 1.82) is 0 Å². The van der Waals surface area contributed by atoms with Crippen molar-refractivity contribution in [3.05, 3.63) is 11.4 Å². The number of carbonyl (C=O) groups is 2. The van der Waals surface area contributed by atoms with Gasteiger partial charge in [-0.05, 0) is 65.1 Å². The van der Waals surface area contributed by atoms with E-state index in [0.29, 0.717) is 37.1 Å². The summed E-state index contributed by atoms with van der Waals surface area (Å²) in [6.45, 7) is 6.74. The zero-order chi connectivity index (χ0) is 23.4. The zero-order valence-corrected chi connectivity index (χ0v) is 20.4. The number of hydrogen-bond donors (Lipinski definition) is 2. The molecule has 0 radical (unpaired) electrons. The molecule has 2 rings (SSSR count). The highest BCUT2D eigenvalue weighted by atomic mass is 32.2. The Balaban J connectivity index is 2.07. The van der Waals surface area contributed by atoms with Crippen LogP contribution in [0.4, 0.5) is 0 Å². The molecule has 0 bridgehead atoms. The van der Waals surface area contributed by atoms with Gasteiger partial charge in [-0.15, -0.1) is 0 Å². The fourth-order valence-electron chi connectivity index (χ4n) is 3.99. The van der Waals surface area contributed by atoms with E-state index in [2.05, 4.69) is 29.0 Å². The number of carbonyl (C=O) groups excluding carboxylic acids is 2. The normalized spacial score (nSPS) is 17.0. The monoisotopic (exact) mass is 455 g/mol. The predicted octanol–water partition coefficient (Wildman–Crippen LogP) is 1.71. The van der Waals surface area contributed by atoms with Gasteiger partial charge in [0, 0.05) is 19.4 Å². The highest BCUT2D eigenvalue weighted by Gasteiger charge is 2.34. The lowest BCUT2D eigenvalue weighted by Gasteiger charge is -2.33. The van der Waals surface area contributed by atoms with Crippen molar-refractivity contribution in [3.63, 3.8) is 0 Å². The van der Waals surface area contributed by atoms with Crippen molar-refractivity contribution >= 4 is 21.8 Å². The van der Waals surface area contributed by atoms with Crippen LogP contribution in [0.3, 0.4) is 0 Å². The minimum atomic E-state index is -4.10. The number of hydrogen-bond acceptors (Lipinski definition) is 6. The summed E-state index contributed by atoms with van der Waals surface area (Å²) in [5, 5.41) is 6.98. The SMILES string of the molecule is Cc1nn(C)c(CNC(=O)CCCN(C)C)c1S(=O)(=O)NC(=O)C1CCC(C)(C)CC1. The molecule has 1 aliphatic rings. The Labute approximate surface area is 186 Å². The van der Waals surface area contributed by atoms with Crippen LogP contribution in [0.1, 0.15) is 63.8 Å². The average molecular weight is 456 g/mol. The summed E-state index contributed by atoms with van der Waals surface area (Å²) in [6, 6.07) is 0. The van der Waals surface area contributed by atoms with Gasteiger partial charge in [0.15, 0.2) is 0 Å². The molecule has 1 aromatic rings. The lowest BCUT2D eigenvalue weighted by Crippen LogP contribution is -2.39. The second-order valence-electron chi connectivity index (χ2n) is 9.58. The molecule has 1 fully saturated rings. The van der Waals surface area contributed by atoms with Crippen LogP contribution in [-0.2, 0) is 33.2 Å². The number of nitrogens with one attached hydrogen (secondary N) is 2. The third-order valence-electron chi connectivity index (χ3n) is 5.96. The van der Waals surface area contributed by atoms with Crippen molar-refractivity contribution in [2.45, 2.75) is 70.7 Å². The lowest BCUT2D eigenvalue weighted by atomic mass is 9.73. The van der Waals surface area contributed by atoms with Crippen molar-refractivity contribution in [2.24, 2.45) is 18.4 Å². The fourth-order valence-corrected chi connectivity index (χ4v) is 5.46.